The summed E-state index contributed by atoms with van der Waals surface area (Å²) in [6.45, 7) is 7.18. The molecule has 0 aromatic heterocycles. The van der Waals surface area contributed by atoms with Gasteiger partial charge in [0.1, 0.15) is 0 Å². The lowest BCUT2D eigenvalue weighted by Gasteiger charge is -2.39. The van der Waals surface area contributed by atoms with Gasteiger partial charge in [-0.2, -0.15) is 0 Å². The molecular formula is C16H26N2O2. The summed E-state index contributed by atoms with van der Waals surface area (Å²) in [7, 11) is 0. The molecule has 0 amide bonds. The first-order valence-corrected chi connectivity index (χ1v) is 7.30. The first kappa shape index (κ1) is 15.4. The Morgan fingerprint density at radius 2 is 2.05 bits per heavy atom. The third-order valence-corrected chi connectivity index (χ3v) is 3.76. The molecule has 0 saturated carbocycles. The zero-order valence-corrected chi connectivity index (χ0v) is 12.5. The van der Waals surface area contributed by atoms with Crippen LogP contribution in [0.15, 0.2) is 30.3 Å². The van der Waals surface area contributed by atoms with Crippen LogP contribution in [0.25, 0.3) is 0 Å². The second-order valence-corrected chi connectivity index (χ2v) is 6.26. The van der Waals surface area contributed by atoms with E-state index in [0.29, 0.717) is 19.6 Å². The molecule has 0 radical (unpaired) electrons. The van der Waals surface area contributed by atoms with Crippen molar-refractivity contribution in [1.82, 2.24) is 4.90 Å². The number of nitrogens with zero attached hydrogens (tertiary/aromatic N) is 1. The highest BCUT2D eigenvalue weighted by molar-refractivity contribution is 5.16. The van der Waals surface area contributed by atoms with Crippen molar-refractivity contribution in [1.29, 1.82) is 0 Å². The monoisotopic (exact) mass is 278 g/mol. The van der Waals surface area contributed by atoms with Crippen LogP contribution >= 0.6 is 0 Å². The lowest BCUT2D eigenvalue weighted by atomic mass is 10.0. The summed E-state index contributed by atoms with van der Waals surface area (Å²) in [6.07, 6.45) is 0.194. The van der Waals surface area contributed by atoms with Gasteiger partial charge in [0.25, 0.3) is 0 Å². The van der Waals surface area contributed by atoms with E-state index >= 15 is 0 Å². The molecule has 1 saturated heterocycles. The van der Waals surface area contributed by atoms with Crippen molar-refractivity contribution in [2.75, 3.05) is 26.2 Å². The van der Waals surface area contributed by atoms with Crippen molar-refractivity contribution in [2.24, 2.45) is 5.73 Å². The summed E-state index contributed by atoms with van der Waals surface area (Å²) in [4.78, 5) is 2.24. The van der Waals surface area contributed by atoms with Crippen molar-refractivity contribution < 1.29 is 9.84 Å². The number of morpholine rings is 1. The summed E-state index contributed by atoms with van der Waals surface area (Å²) in [5, 5.41) is 10.3. The molecule has 2 unspecified atom stereocenters. The number of hydrogen-bond acceptors (Lipinski definition) is 4. The predicted octanol–water partition coefficient (Wildman–Crippen LogP) is 1.03. The van der Waals surface area contributed by atoms with Crippen molar-refractivity contribution >= 4 is 0 Å². The average Bonchev–Trinajstić information content (AvgIpc) is 2.38. The fraction of sp³-hybridized carbons (Fsp3) is 0.625. The molecule has 0 aliphatic carbocycles. The fourth-order valence-electron chi connectivity index (χ4n) is 2.69. The van der Waals surface area contributed by atoms with Gasteiger partial charge in [-0.25, -0.2) is 0 Å². The lowest BCUT2D eigenvalue weighted by molar-refractivity contribution is -0.0941. The SMILES string of the molecule is CC1(C)CN(CC(O)C(N)Cc2ccccc2)CCO1. The maximum absolute atomic E-state index is 10.3. The van der Waals surface area contributed by atoms with Crippen molar-refractivity contribution in [3.8, 4) is 0 Å². The molecule has 1 aliphatic heterocycles. The van der Waals surface area contributed by atoms with Crippen LogP contribution in [0, 0.1) is 0 Å². The van der Waals surface area contributed by atoms with Crippen molar-refractivity contribution in [3.05, 3.63) is 35.9 Å². The number of ether oxygens (including phenoxy) is 1. The van der Waals surface area contributed by atoms with Crippen molar-refractivity contribution in [3.63, 3.8) is 0 Å². The van der Waals surface area contributed by atoms with Crippen LogP contribution in [0.3, 0.4) is 0 Å². The Hall–Kier alpha value is -0.940. The zero-order chi connectivity index (χ0) is 14.6. The average molecular weight is 278 g/mol. The standard InChI is InChI=1S/C16H26N2O2/c1-16(2)12-18(8-9-20-16)11-15(19)14(17)10-13-6-4-3-5-7-13/h3-7,14-15,19H,8-12,17H2,1-2H3. The molecule has 0 spiro atoms. The topological polar surface area (TPSA) is 58.7 Å². The quantitative estimate of drug-likeness (QED) is 0.844. The molecule has 2 atom stereocenters. The van der Waals surface area contributed by atoms with E-state index in [4.69, 9.17) is 10.5 Å². The molecule has 2 rings (SSSR count). The Morgan fingerprint density at radius 1 is 1.35 bits per heavy atom. The molecule has 0 bridgehead atoms. The summed E-state index contributed by atoms with van der Waals surface area (Å²) < 4.78 is 5.68. The maximum atomic E-state index is 10.3. The van der Waals surface area contributed by atoms with E-state index in [2.05, 4.69) is 18.7 Å². The predicted molar refractivity (Wildman–Crippen MR) is 80.6 cm³/mol. The van der Waals surface area contributed by atoms with E-state index < -0.39 is 6.10 Å². The molecule has 1 heterocycles. The largest absolute Gasteiger partial charge is 0.390 e. The van der Waals surface area contributed by atoms with Crippen LogP contribution in [-0.2, 0) is 11.2 Å². The van der Waals surface area contributed by atoms with Crippen LogP contribution in [0.5, 0.6) is 0 Å². The Morgan fingerprint density at radius 3 is 2.70 bits per heavy atom. The second-order valence-electron chi connectivity index (χ2n) is 6.26. The second kappa shape index (κ2) is 6.68. The summed E-state index contributed by atoms with van der Waals surface area (Å²) in [5.41, 5.74) is 7.16. The van der Waals surface area contributed by atoms with E-state index in [1.807, 2.05) is 30.3 Å². The zero-order valence-electron chi connectivity index (χ0n) is 12.5. The van der Waals surface area contributed by atoms with Crippen LogP contribution in [0.4, 0.5) is 0 Å². The normalized spacial score (nSPS) is 22.4. The minimum Gasteiger partial charge on any atom is -0.390 e. The first-order valence-electron chi connectivity index (χ1n) is 7.30. The molecule has 3 N–H and O–H groups in total. The van der Waals surface area contributed by atoms with E-state index in [9.17, 15) is 5.11 Å². The number of aliphatic hydroxyl groups is 1. The van der Waals surface area contributed by atoms with Gasteiger partial charge >= 0.3 is 0 Å². The number of nitrogens with two attached hydrogens (primary N) is 1. The third kappa shape index (κ3) is 4.56. The molecule has 1 fully saturated rings. The number of β-amino-alcohol motifs (C(OH)–C–C–N with tert-alkyl or cyclic N) is 1. The van der Waals surface area contributed by atoms with Gasteiger partial charge in [0, 0.05) is 25.7 Å². The number of rotatable bonds is 5. The molecule has 1 aromatic rings. The third-order valence-electron chi connectivity index (χ3n) is 3.76. The molecule has 4 nitrogen and oxygen atoms in total. The van der Waals surface area contributed by atoms with Gasteiger partial charge in [-0.3, -0.25) is 4.90 Å². The minimum atomic E-state index is -0.510. The van der Waals surface area contributed by atoms with Crippen LogP contribution in [0.1, 0.15) is 19.4 Å². The fourth-order valence-corrected chi connectivity index (χ4v) is 2.69. The maximum Gasteiger partial charge on any atom is 0.0821 e. The van der Waals surface area contributed by atoms with Gasteiger partial charge in [0.15, 0.2) is 0 Å². The minimum absolute atomic E-state index is 0.137. The van der Waals surface area contributed by atoms with Crippen LogP contribution < -0.4 is 5.73 Å². The Bertz CT molecular complexity index is 408. The highest BCUT2D eigenvalue weighted by Crippen LogP contribution is 2.17. The van der Waals surface area contributed by atoms with Gasteiger partial charge in [-0.1, -0.05) is 30.3 Å². The van der Waals surface area contributed by atoms with Crippen LogP contribution in [-0.4, -0.2) is 54.0 Å². The molecule has 1 aromatic carbocycles. The summed E-state index contributed by atoms with van der Waals surface area (Å²) >= 11 is 0. The molecule has 4 heteroatoms. The first-order chi connectivity index (χ1) is 9.46. The van der Waals surface area contributed by atoms with E-state index in [-0.39, 0.29) is 11.6 Å². The van der Waals surface area contributed by atoms with Crippen LogP contribution in [0.2, 0.25) is 0 Å². The van der Waals surface area contributed by atoms with Gasteiger partial charge in [0.2, 0.25) is 0 Å². The summed E-state index contributed by atoms with van der Waals surface area (Å²) in [6, 6.07) is 9.84. The van der Waals surface area contributed by atoms with E-state index in [1.54, 1.807) is 0 Å². The molecule has 20 heavy (non-hydrogen) atoms. The number of aliphatic hydroxyl groups excluding tert-OH is 1. The van der Waals surface area contributed by atoms with E-state index in [1.165, 1.54) is 5.56 Å². The highest BCUT2D eigenvalue weighted by Gasteiger charge is 2.29. The molecule has 112 valence electrons. The highest BCUT2D eigenvalue weighted by atomic mass is 16.5. The van der Waals surface area contributed by atoms with Gasteiger partial charge < -0.3 is 15.6 Å². The van der Waals surface area contributed by atoms with E-state index in [0.717, 1.165) is 13.1 Å². The Balaban J connectivity index is 1.83. The Kier molecular flexibility index (Phi) is 5.16. The summed E-state index contributed by atoms with van der Waals surface area (Å²) in [5.74, 6) is 0. The lowest BCUT2D eigenvalue weighted by Crippen LogP contribution is -2.53. The van der Waals surface area contributed by atoms with Gasteiger partial charge in [-0.15, -0.1) is 0 Å². The van der Waals surface area contributed by atoms with Gasteiger partial charge in [-0.05, 0) is 25.8 Å². The molecular weight excluding hydrogens is 252 g/mol. The number of hydrogen-bond donors (Lipinski definition) is 2. The Labute approximate surface area is 121 Å². The smallest absolute Gasteiger partial charge is 0.0821 e. The molecule has 1 aliphatic rings. The van der Waals surface area contributed by atoms with Crippen molar-refractivity contribution in [2.45, 2.75) is 38.0 Å². The number of benzene rings is 1. The van der Waals surface area contributed by atoms with Gasteiger partial charge in [0.05, 0.1) is 18.3 Å².